The van der Waals surface area contributed by atoms with Gasteiger partial charge in [-0.1, -0.05) is 17.7 Å². The number of carboxylic acid groups (broad SMARTS) is 2. The highest BCUT2D eigenvalue weighted by Crippen LogP contribution is 2.24. The molecule has 0 bridgehead atoms. The van der Waals surface area contributed by atoms with E-state index in [0.717, 1.165) is 29.8 Å². The molecule has 3 N–H and O–H groups in total. The van der Waals surface area contributed by atoms with Gasteiger partial charge in [0.2, 0.25) is 0 Å². The van der Waals surface area contributed by atoms with E-state index in [-0.39, 0.29) is 22.0 Å². The molecule has 1 aromatic carbocycles. The first-order valence-electron chi connectivity index (χ1n) is 11.8. The van der Waals surface area contributed by atoms with Gasteiger partial charge in [-0.05, 0) is 57.4 Å². The summed E-state index contributed by atoms with van der Waals surface area (Å²) in [5.74, 6) is -3.66. The summed E-state index contributed by atoms with van der Waals surface area (Å²) in [6, 6.07) is 7.68. The molecular formula is C25H30F3N5O6S. The van der Waals surface area contributed by atoms with E-state index in [1.807, 2.05) is 32.5 Å². The van der Waals surface area contributed by atoms with Crippen LogP contribution in [0.4, 0.5) is 24.7 Å². The Morgan fingerprint density at radius 3 is 2.15 bits per heavy atom. The Balaban J connectivity index is 0.000000708. The van der Waals surface area contributed by atoms with Crippen LogP contribution in [-0.2, 0) is 28.3 Å². The zero-order valence-corrected chi connectivity index (χ0v) is 23.3. The number of halogens is 3. The molecule has 0 atom stereocenters. The summed E-state index contributed by atoms with van der Waals surface area (Å²) in [7, 11) is -0.177. The van der Waals surface area contributed by atoms with Crippen molar-refractivity contribution in [1.29, 1.82) is 0 Å². The lowest BCUT2D eigenvalue weighted by Crippen LogP contribution is -2.23. The second kappa shape index (κ2) is 12.8. The van der Waals surface area contributed by atoms with E-state index in [4.69, 9.17) is 9.90 Å². The van der Waals surface area contributed by atoms with E-state index >= 15 is 0 Å². The summed E-state index contributed by atoms with van der Waals surface area (Å²) in [4.78, 5) is 26.9. The van der Waals surface area contributed by atoms with Crippen LogP contribution in [0.1, 0.15) is 39.3 Å². The maximum absolute atomic E-state index is 12.6. The van der Waals surface area contributed by atoms with Gasteiger partial charge in [0, 0.05) is 26.3 Å². The SMILES string of the molecule is Cc1ccc(S(=O)(=O)Nc2cnc(N(C)CCCc3c(C)nn(C)c3C)c(C(=O)O)c2)cc1.O=C(O)C(F)(F)F. The Morgan fingerprint density at radius 2 is 1.68 bits per heavy atom. The number of aryl methyl sites for hydroxylation is 3. The number of sulfonamides is 1. The standard InChI is InChI=1S/C23H29N5O4S.C2HF3O2/c1-15-8-10-19(11-9-15)33(31,32)26-18-13-21(23(29)30)22(24-14-18)27(4)12-6-7-20-16(2)25-28(5)17(20)3;3-2(4,5)1(6)7/h8-11,13-14,26H,6-7,12H2,1-5H3,(H,29,30);(H,6,7). The predicted molar refractivity (Wildman–Crippen MR) is 141 cm³/mol. The molecule has 0 radical (unpaired) electrons. The highest BCUT2D eigenvalue weighted by molar-refractivity contribution is 7.92. The molecule has 0 unspecified atom stereocenters. The maximum Gasteiger partial charge on any atom is 0.490 e. The number of anilines is 2. The monoisotopic (exact) mass is 585 g/mol. The summed E-state index contributed by atoms with van der Waals surface area (Å²) in [6.45, 7) is 6.45. The number of pyridine rings is 1. The van der Waals surface area contributed by atoms with Gasteiger partial charge in [0.15, 0.2) is 0 Å². The number of hydrogen-bond donors (Lipinski definition) is 3. The Kier molecular flexibility index (Phi) is 10.3. The van der Waals surface area contributed by atoms with Crippen LogP contribution >= 0.6 is 0 Å². The minimum absolute atomic E-state index is 0.0738. The van der Waals surface area contributed by atoms with Gasteiger partial charge in [-0.15, -0.1) is 0 Å². The van der Waals surface area contributed by atoms with Crippen molar-refractivity contribution in [1.82, 2.24) is 14.8 Å². The number of carboxylic acids is 2. The molecule has 11 nitrogen and oxygen atoms in total. The predicted octanol–water partition coefficient (Wildman–Crippen LogP) is 3.94. The van der Waals surface area contributed by atoms with E-state index in [1.165, 1.54) is 30.0 Å². The molecule has 0 spiro atoms. The van der Waals surface area contributed by atoms with E-state index in [1.54, 1.807) is 24.1 Å². The lowest BCUT2D eigenvalue weighted by Gasteiger charge is -2.20. The summed E-state index contributed by atoms with van der Waals surface area (Å²) in [6.07, 6.45) is -2.15. The van der Waals surface area contributed by atoms with Crippen LogP contribution in [-0.4, -0.2) is 65.1 Å². The fourth-order valence-corrected chi connectivity index (χ4v) is 4.72. The lowest BCUT2D eigenvalue weighted by molar-refractivity contribution is -0.192. The van der Waals surface area contributed by atoms with Crippen LogP contribution < -0.4 is 9.62 Å². The number of rotatable bonds is 9. The number of carbonyl (C=O) groups is 2. The normalized spacial score (nSPS) is 11.4. The van der Waals surface area contributed by atoms with Crippen molar-refractivity contribution in [3.63, 3.8) is 0 Å². The maximum atomic E-state index is 12.6. The quantitative estimate of drug-likeness (QED) is 0.339. The van der Waals surface area contributed by atoms with Gasteiger partial charge in [-0.3, -0.25) is 9.40 Å². The Labute approximate surface area is 229 Å². The number of nitrogens with one attached hydrogen (secondary N) is 1. The number of nitrogens with zero attached hydrogens (tertiary/aromatic N) is 4. The fourth-order valence-electron chi connectivity index (χ4n) is 3.68. The Hall–Kier alpha value is -4.14. The van der Waals surface area contributed by atoms with Gasteiger partial charge >= 0.3 is 18.1 Å². The number of alkyl halides is 3. The van der Waals surface area contributed by atoms with Gasteiger partial charge < -0.3 is 15.1 Å². The van der Waals surface area contributed by atoms with Gasteiger partial charge in [-0.2, -0.15) is 18.3 Å². The molecule has 218 valence electrons. The van der Waals surface area contributed by atoms with Crippen LogP contribution in [0.2, 0.25) is 0 Å². The first kappa shape index (κ1) is 32.1. The number of aromatic nitrogens is 3. The molecule has 15 heteroatoms. The minimum atomic E-state index is -5.08. The lowest BCUT2D eigenvalue weighted by atomic mass is 10.1. The van der Waals surface area contributed by atoms with Crippen molar-refractivity contribution < 1.29 is 41.4 Å². The summed E-state index contributed by atoms with van der Waals surface area (Å²) in [5.41, 5.74) is 4.25. The molecule has 2 heterocycles. The number of aliphatic carboxylic acids is 1. The molecule has 0 amide bonds. The summed E-state index contributed by atoms with van der Waals surface area (Å²) >= 11 is 0. The molecule has 3 rings (SSSR count). The van der Waals surface area contributed by atoms with E-state index < -0.39 is 28.1 Å². The van der Waals surface area contributed by atoms with Crippen LogP contribution in [0.5, 0.6) is 0 Å². The van der Waals surface area contributed by atoms with Crippen molar-refractivity contribution in [2.45, 2.75) is 44.7 Å². The second-order valence-corrected chi connectivity index (χ2v) is 10.6. The highest BCUT2D eigenvalue weighted by Gasteiger charge is 2.38. The third-order valence-corrected chi connectivity index (χ3v) is 7.26. The molecule has 0 aliphatic carbocycles. The average Bonchev–Trinajstić information content (AvgIpc) is 3.09. The average molecular weight is 586 g/mol. The third-order valence-electron chi connectivity index (χ3n) is 5.86. The van der Waals surface area contributed by atoms with Gasteiger partial charge in [0.05, 0.1) is 22.5 Å². The molecule has 40 heavy (non-hydrogen) atoms. The van der Waals surface area contributed by atoms with Crippen LogP contribution in [0, 0.1) is 20.8 Å². The number of aromatic carboxylic acids is 1. The zero-order valence-electron chi connectivity index (χ0n) is 22.4. The summed E-state index contributed by atoms with van der Waals surface area (Å²) < 4.78 is 61.3. The van der Waals surface area contributed by atoms with Crippen molar-refractivity contribution >= 4 is 33.5 Å². The number of hydrogen-bond acceptors (Lipinski definition) is 7. The zero-order chi connectivity index (χ0) is 30.4. The van der Waals surface area contributed by atoms with Crippen molar-refractivity contribution in [3.05, 3.63) is 64.6 Å². The largest absolute Gasteiger partial charge is 0.490 e. The molecular weight excluding hydrogens is 555 g/mol. The third kappa shape index (κ3) is 8.43. The van der Waals surface area contributed by atoms with Crippen molar-refractivity contribution in [2.75, 3.05) is 23.2 Å². The van der Waals surface area contributed by atoms with Gasteiger partial charge in [0.1, 0.15) is 11.4 Å². The molecule has 0 saturated heterocycles. The van der Waals surface area contributed by atoms with E-state index in [9.17, 15) is 31.5 Å². The molecule has 0 aliphatic rings. The highest BCUT2D eigenvalue weighted by atomic mass is 32.2. The minimum Gasteiger partial charge on any atom is -0.478 e. The molecule has 0 saturated carbocycles. The molecule has 2 aromatic heterocycles. The molecule has 0 aliphatic heterocycles. The van der Waals surface area contributed by atoms with Crippen LogP contribution in [0.25, 0.3) is 0 Å². The second-order valence-electron chi connectivity index (χ2n) is 8.92. The van der Waals surface area contributed by atoms with Crippen molar-refractivity contribution in [2.24, 2.45) is 7.05 Å². The van der Waals surface area contributed by atoms with Crippen molar-refractivity contribution in [3.8, 4) is 0 Å². The smallest absolute Gasteiger partial charge is 0.478 e. The Morgan fingerprint density at radius 1 is 1.10 bits per heavy atom. The first-order chi connectivity index (χ1) is 18.4. The summed E-state index contributed by atoms with van der Waals surface area (Å²) in [5, 5.41) is 21.3. The Bertz CT molecular complexity index is 1470. The molecule has 0 fully saturated rings. The van der Waals surface area contributed by atoms with E-state index in [2.05, 4.69) is 14.8 Å². The van der Waals surface area contributed by atoms with Gasteiger partial charge in [0.25, 0.3) is 10.0 Å². The van der Waals surface area contributed by atoms with Crippen LogP contribution in [0.3, 0.4) is 0 Å². The first-order valence-corrected chi connectivity index (χ1v) is 13.3. The fraction of sp³-hybridized carbons (Fsp3) is 0.360. The van der Waals surface area contributed by atoms with E-state index in [0.29, 0.717) is 6.54 Å². The number of benzene rings is 1. The topological polar surface area (TPSA) is 155 Å². The van der Waals surface area contributed by atoms with Crippen LogP contribution in [0.15, 0.2) is 41.4 Å². The molecule has 3 aromatic rings. The van der Waals surface area contributed by atoms with Gasteiger partial charge in [-0.25, -0.2) is 23.0 Å².